The Morgan fingerprint density at radius 2 is 1.81 bits per heavy atom. The number of benzene rings is 2. The zero-order valence-electron chi connectivity index (χ0n) is 17.9. The molecular formula is C24H26ClN3O4. The number of nitrogens with zero attached hydrogens (tertiary/aromatic N) is 2. The largest absolute Gasteiger partial charge is 0.497 e. The molecule has 0 aromatic heterocycles. The van der Waals surface area contributed by atoms with Crippen LogP contribution in [-0.2, 0) is 9.59 Å². The summed E-state index contributed by atoms with van der Waals surface area (Å²) < 4.78 is 5.26. The Balaban J connectivity index is 1.59. The third-order valence-electron chi connectivity index (χ3n) is 6.04. The number of carbonyl (C=O) groups excluding carboxylic acids is 3. The highest BCUT2D eigenvalue weighted by molar-refractivity contribution is 6.30. The Bertz CT molecular complexity index is 1000. The van der Waals surface area contributed by atoms with Gasteiger partial charge in [-0.1, -0.05) is 36.9 Å². The van der Waals surface area contributed by atoms with Crippen molar-refractivity contribution < 1.29 is 19.1 Å². The number of nitrogens with one attached hydrogen (secondary N) is 1. The number of urea groups is 1. The van der Waals surface area contributed by atoms with Gasteiger partial charge >= 0.3 is 6.03 Å². The van der Waals surface area contributed by atoms with E-state index in [1.807, 2.05) is 0 Å². The molecule has 7 nitrogen and oxygen atoms in total. The summed E-state index contributed by atoms with van der Waals surface area (Å²) in [5.41, 5.74) is 1.03. The van der Waals surface area contributed by atoms with E-state index in [2.05, 4.69) is 5.32 Å². The maximum Gasteiger partial charge on any atom is 0.332 e. The molecule has 8 heteroatoms. The topological polar surface area (TPSA) is 79.0 Å². The van der Waals surface area contributed by atoms with Gasteiger partial charge in [-0.05, 0) is 49.2 Å². The molecule has 168 valence electrons. The van der Waals surface area contributed by atoms with Crippen molar-refractivity contribution in [3.63, 3.8) is 0 Å². The summed E-state index contributed by atoms with van der Waals surface area (Å²) in [4.78, 5) is 42.5. The molecule has 1 saturated heterocycles. The van der Waals surface area contributed by atoms with Gasteiger partial charge in [0.1, 0.15) is 11.8 Å². The lowest BCUT2D eigenvalue weighted by molar-refractivity contribution is -0.125. The second-order valence-corrected chi connectivity index (χ2v) is 8.57. The molecule has 1 atom stereocenters. The molecule has 0 bridgehead atoms. The summed E-state index contributed by atoms with van der Waals surface area (Å²) in [6.45, 7) is 0. The van der Waals surface area contributed by atoms with Crippen LogP contribution in [-0.4, -0.2) is 41.9 Å². The van der Waals surface area contributed by atoms with Crippen molar-refractivity contribution >= 4 is 40.8 Å². The first-order valence-corrected chi connectivity index (χ1v) is 11.2. The second-order valence-electron chi connectivity index (χ2n) is 8.13. The maximum absolute atomic E-state index is 13.4. The predicted octanol–water partition coefficient (Wildman–Crippen LogP) is 4.85. The number of imide groups is 1. The standard InChI is InChI=1S/C24H26ClN3O4/c1-32-20-9-5-8-19(14-20)28-23(30)21(27(24(28)31)18-6-3-2-4-7-18)15-22(29)26-17-12-10-16(25)11-13-17/h5,8-14,18,21H,2-4,6-7,15H2,1H3,(H,26,29)/t21-/m0/s1. The molecule has 1 aliphatic heterocycles. The zero-order chi connectivity index (χ0) is 22.7. The van der Waals surface area contributed by atoms with Gasteiger partial charge in [0.25, 0.3) is 5.91 Å². The van der Waals surface area contributed by atoms with Crippen molar-refractivity contribution in [1.29, 1.82) is 0 Å². The number of amides is 4. The number of hydrogen-bond acceptors (Lipinski definition) is 4. The van der Waals surface area contributed by atoms with Gasteiger partial charge in [-0.25, -0.2) is 9.69 Å². The number of rotatable bonds is 6. The minimum Gasteiger partial charge on any atom is -0.497 e. The fourth-order valence-corrected chi connectivity index (χ4v) is 4.60. The Labute approximate surface area is 192 Å². The molecule has 1 heterocycles. The molecule has 32 heavy (non-hydrogen) atoms. The number of carbonyl (C=O) groups is 3. The smallest absolute Gasteiger partial charge is 0.332 e. The van der Waals surface area contributed by atoms with E-state index in [1.165, 1.54) is 12.0 Å². The summed E-state index contributed by atoms with van der Waals surface area (Å²) in [5.74, 6) is -0.164. The number of ether oxygens (including phenoxy) is 1. The Hall–Kier alpha value is -3.06. The van der Waals surface area contributed by atoms with Gasteiger partial charge in [-0.15, -0.1) is 0 Å². The van der Waals surface area contributed by atoms with Crippen LogP contribution in [0.25, 0.3) is 0 Å². The number of methoxy groups -OCH3 is 1. The second kappa shape index (κ2) is 9.61. The average molecular weight is 456 g/mol. The van der Waals surface area contributed by atoms with E-state index >= 15 is 0 Å². The molecule has 1 aliphatic carbocycles. The fourth-order valence-electron chi connectivity index (χ4n) is 4.47. The quantitative estimate of drug-likeness (QED) is 0.631. The third kappa shape index (κ3) is 4.58. The molecule has 1 N–H and O–H groups in total. The summed E-state index contributed by atoms with van der Waals surface area (Å²) >= 11 is 5.91. The van der Waals surface area contributed by atoms with Gasteiger partial charge < -0.3 is 15.0 Å². The maximum atomic E-state index is 13.4. The normalized spacial score (nSPS) is 19.4. The van der Waals surface area contributed by atoms with Crippen LogP contribution in [0.2, 0.25) is 5.02 Å². The minimum absolute atomic E-state index is 0.0517. The van der Waals surface area contributed by atoms with Gasteiger partial charge in [0.2, 0.25) is 5.91 Å². The van der Waals surface area contributed by atoms with Crippen LogP contribution in [0.4, 0.5) is 16.2 Å². The molecule has 2 aliphatic rings. The Morgan fingerprint density at radius 1 is 1.09 bits per heavy atom. The highest BCUT2D eigenvalue weighted by Gasteiger charge is 2.49. The molecule has 0 radical (unpaired) electrons. The van der Waals surface area contributed by atoms with Crippen LogP contribution in [0.1, 0.15) is 38.5 Å². The van der Waals surface area contributed by atoms with Crippen LogP contribution < -0.4 is 15.0 Å². The molecule has 1 saturated carbocycles. The summed E-state index contributed by atoms with van der Waals surface area (Å²) in [6.07, 6.45) is 4.69. The van der Waals surface area contributed by atoms with Crippen LogP contribution in [0.3, 0.4) is 0 Å². The van der Waals surface area contributed by atoms with Gasteiger partial charge in [-0.3, -0.25) is 9.59 Å². The van der Waals surface area contributed by atoms with E-state index < -0.39 is 6.04 Å². The molecule has 4 rings (SSSR count). The molecule has 2 aromatic carbocycles. The highest BCUT2D eigenvalue weighted by Crippen LogP contribution is 2.34. The predicted molar refractivity (Wildman–Crippen MR) is 123 cm³/mol. The number of halogens is 1. The molecule has 2 aromatic rings. The fraction of sp³-hybridized carbons (Fsp3) is 0.375. The number of hydrogen-bond donors (Lipinski definition) is 1. The first-order chi connectivity index (χ1) is 15.5. The monoisotopic (exact) mass is 455 g/mol. The SMILES string of the molecule is COc1cccc(N2C(=O)[C@H](CC(=O)Nc3ccc(Cl)cc3)N(C3CCCCC3)C2=O)c1. The van der Waals surface area contributed by atoms with Crippen molar-refractivity contribution in [2.24, 2.45) is 0 Å². The van der Waals surface area contributed by atoms with Crippen molar-refractivity contribution in [1.82, 2.24) is 4.90 Å². The van der Waals surface area contributed by atoms with Gasteiger partial charge in [0, 0.05) is 22.8 Å². The van der Waals surface area contributed by atoms with Crippen LogP contribution in [0.5, 0.6) is 5.75 Å². The van der Waals surface area contributed by atoms with Crippen molar-refractivity contribution in [2.45, 2.75) is 50.6 Å². The summed E-state index contributed by atoms with van der Waals surface area (Å²) in [7, 11) is 1.53. The van der Waals surface area contributed by atoms with E-state index in [-0.39, 0.29) is 30.3 Å². The van der Waals surface area contributed by atoms with E-state index in [4.69, 9.17) is 16.3 Å². The molecule has 4 amide bonds. The van der Waals surface area contributed by atoms with Crippen molar-refractivity contribution in [3.05, 3.63) is 53.6 Å². The highest BCUT2D eigenvalue weighted by atomic mass is 35.5. The zero-order valence-corrected chi connectivity index (χ0v) is 18.7. The van der Waals surface area contributed by atoms with Crippen LogP contribution in [0, 0.1) is 0 Å². The number of anilines is 2. The van der Waals surface area contributed by atoms with Crippen molar-refractivity contribution in [3.8, 4) is 5.75 Å². The average Bonchev–Trinajstić information content (AvgIpc) is 3.05. The van der Waals surface area contributed by atoms with E-state index in [9.17, 15) is 14.4 Å². The van der Waals surface area contributed by atoms with Crippen LogP contribution in [0.15, 0.2) is 48.5 Å². The van der Waals surface area contributed by atoms with E-state index in [0.717, 1.165) is 32.1 Å². The molecule has 0 spiro atoms. The van der Waals surface area contributed by atoms with Crippen LogP contribution >= 0.6 is 11.6 Å². The van der Waals surface area contributed by atoms with E-state index in [1.54, 1.807) is 53.4 Å². The lowest BCUT2D eigenvalue weighted by atomic mass is 9.93. The van der Waals surface area contributed by atoms with Gasteiger partial charge in [0.05, 0.1) is 19.2 Å². The van der Waals surface area contributed by atoms with Gasteiger partial charge in [-0.2, -0.15) is 0 Å². The van der Waals surface area contributed by atoms with E-state index in [0.29, 0.717) is 22.1 Å². The lowest BCUT2D eigenvalue weighted by Crippen LogP contribution is -2.45. The minimum atomic E-state index is -0.843. The van der Waals surface area contributed by atoms with Gasteiger partial charge in [0.15, 0.2) is 0 Å². The van der Waals surface area contributed by atoms with Crippen molar-refractivity contribution in [2.75, 3.05) is 17.3 Å². The molecule has 0 unspecified atom stereocenters. The first kappa shape index (κ1) is 22.1. The molecular weight excluding hydrogens is 430 g/mol. The summed E-state index contributed by atoms with van der Waals surface area (Å²) in [6, 6.07) is 12.3. The lowest BCUT2D eigenvalue weighted by Gasteiger charge is -2.33. The Morgan fingerprint density at radius 3 is 2.50 bits per heavy atom. The first-order valence-electron chi connectivity index (χ1n) is 10.8. The Kier molecular flexibility index (Phi) is 6.65. The molecule has 2 fully saturated rings. The summed E-state index contributed by atoms with van der Waals surface area (Å²) in [5, 5.41) is 3.37. The third-order valence-corrected chi connectivity index (χ3v) is 6.29.